The lowest BCUT2D eigenvalue weighted by atomic mass is 10.1. The van der Waals surface area contributed by atoms with Gasteiger partial charge in [-0.3, -0.25) is 4.90 Å². The lowest BCUT2D eigenvalue weighted by molar-refractivity contribution is 0.0375. The van der Waals surface area contributed by atoms with E-state index in [2.05, 4.69) is 15.5 Å². The van der Waals surface area contributed by atoms with Crippen LogP contribution >= 0.6 is 0 Å². The summed E-state index contributed by atoms with van der Waals surface area (Å²) in [5, 5.41) is 5.66. The molecule has 1 fully saturated rings. The summed E-state index contributed by atoms with van der Waals surface area (Å²) in [6, 6.07) is 3.34. The Bertz CT molecular complexity index is 508. The number of aryl methyl sites for hydroxylation is 2. The minimum atomic E-state index is -0.188. The number of nitrogens with one attached hydrogen (secondary N) is 2. The zero-order valence-electron chi connectivity index (χ0n) is 14.0. The predicted molar refractivity (Wildman–Crippen MR) is 88.0 cm³/mol. The number of morpholine rings is 1. The fourth-order valence-corrected chi connectivity index (χ4v) is 2.71. The molecule has 0 unspecified atom stereocenters. The van der Waals surface area contributed by atoms with E-state index >= 15 is 0 Å². The van der Waals surface area contributed by atoms with Crippen molar-refractivity contribution < 1.29 is 13.9 Å². The maximum absolute atomic E-state index is 13.6. The van der Waals surface area contributed by atoms with Gasteiger partial charge in [-0.05, 0) is 43.5 Å². The third kappa shape index (κ3) is 5.80. The Morgan fingerprint density at radius 3 is 2.52 bits per heavy atom. The summed E-state index contributed by atoms with van der Waals surface area (Å²) < 4.78 is 18.9. The first-order valence-electron chi connectivity index (χ1n) is 8.13. The van der Waals surface area contributed by atoms with Crippen molar-refractivity contribution in [1.29, 1.82) is 0 Å². The molecule has 0 spiro atoms. The van der Waals surface area contributed by atoms with Gasteiger partial charge in [-0.1, -0.05) is 12.1 Å². The van der Waals surface area contributed by atoms with E-state index in [-0.39, 0.29) is 11.8 Å². The molecule has 0 saturated carbocycles. The van der Waals surface area contributed by atoms with Gasteiger partial charge >= 0.3 is 6.03 Å². The van der Waals surface area contributed by atoms with E-state index in [4.69, 9.17) is 4.74 Å². The fraction of sp³-hybridized carbons (Fsp3) is 0.588. The molecule has 128 valence electrons. The number of benzene rings is 1. The smallest absolute Gasteiger partial charge is 0.315 e. The number of nitrogens with zero attached hydrogens (tertiary/aromatic N) is 1. The van der Waals surface area contributed by atoms with Crippen LogP contribution in [-0.2, 0) is 11.3 Å². The first kappa shape index (κ1) is 17.7. The van der Waals surface area contributed by atoms with Gasteiger partial charge in [-0.2, -0.15) is 0 Å². The van der Waals surface area contributed by atoms with E-state index in [9.17, 15) is 9.18 Å². The minimum Gasteiger partial charge on any atom is -0.379 e. The number of urea groups is 1. The van der Waals surface area contributed by atoms with Crippen LogP contribution < -0.4 is 10.6 Å². The maximum Gasteiger partial charge on any atom is 0.315 e. The second kappa shape index (κ2) is 8.84. The Balaban J connectivity index is 1.63. The molecule has 0 bridgehead atoms. The Morgan fingerprint density at radius 2 is 1.87 bits per heavy atom. The van der Waals surface area contributed by atoms with Gasteiger partial charge in [0.05, 0.1) is 13.2 Å². The third-order valence-corrected chi connectivity index (χ3v) is 3.99. The number of hydrogen-bond donors (Lipinski definition) is 2. The van der Waals surface area contributed by atoms with Crippen molar-refractivity contribution in [3.63, 3.8) is 0 Å². The topological polar surface area (TPSA) is 53.6 Å². The quantitative estimate of drug-likeness (QED) is 0.787. The summed E-state index contributed by atoms with van der Waals surface area (Å²) in [5.74, 6) is -0.179. The van der Waals surface area contributed by atoms with Crippen molar-refractivity contribution >= 4 is 6.03 Å². The first-order chi connectivity index (χ1) is 11.1. The molecule has 23 heavy (non-hydrogen) atoms. The molecule has 1 aromatic carbocycles. The number of carbonyl (C=O) groups excluding carboxylic acids is 1. The van der Waals surface area contributed by atoms with Crippen molar-refractivity contribution in [2.24, 2.45) is 0 Å². The predicted octanol–water partition coefficient (Wildman–Crippen LogP) is 1.96. The van der Waals surface area contributed by atoms with E-state index < -0.39 is 0 Å². The second-order valence-corrected chi connectivity index (χ2v) is 5.96. The van der Waals surface area contributed by atoms with E-state index in [1.165, 1.54) is 0 Å². The average molecular weight is 323 g/mol. The zero-order chi connectivity index (χ0) is 16.7. The standard InChI is InChI=1S/C17H26FN3O2/c1-13-10-15(11-14(2)16(13)18)12-20-17(22)19-4-3-5-21-6-8-23-9-7-21/h10-11H,3-9,12H2,1-2H3,(H2,19,20,22). The highest BCUT2D eigenvalue weighted by molar-refractivity contribution is 5.73. The SMILES string of the molecule is Cc1cc(CNC(=O)NCCCN2CCOCC2)cc(C)c1F. The summed E-state index contributed by atoms with van der Waals surface area (Å²) in [5.41, 5.74) is 2.12. The normalized spacial score (nSPS) is 15.4. The van der Waals surface area contributed by atoms with Gasteiger partial charge in [0.25, 0.3) is 0 Å². The van der Waals surface area contributed by atoms with Gasteiger partial charge in [-0.25, -0.2) is 9.18 Å². The van der Waals surface area contributed by atoms with E-state index in [1.54, 1.807) is 26.0 Å². The lowest BCUT2D eigenvalue weighted by Crippen LogP contribution is -2.39. The minimum absolute atomic E-state index is 0.179. The molecule has 1 saturated heterocycles. The van der Waals surface area contributed by atoms with Gasteiger partial charge in [0.1, 0.15) is 5.82 Å². The highest BCUT2D eigenvalue weighted by atomic mass is 19.1. The molecular weight excluding hydrogens is 297 g/mol. The molecule has 0 atom stereocenters. The molecule has 0 aromatic heterocycles. The Hall–Kier alpha value is -1.66. The van der Waals surface area contributed by atoms with Crippen molar-refractivity contribution in [3.05, 3.63) is 34.6 Å². The van der Waals surface area contributed by atoms with Crippen LogP contribution in [0.5, 0.6) is 0 Å². The number of carbonyl (C=O) groups is 1. The number of rotatable bonds is 6. The van der Waals surface area contributed by atoms with Gasteiger partial charge < -0.3 is 15.4 Å². The molecule has 2 amide bonds. The summed E-state index contributed by atoms with van der Waals surface area (Å²) in [7, 11) is 0. The summed E-state index contributed by atoms with van der Waals surface area (Å²) in [6.07, 6.45) is 0.919. The molecule has 1 aromatic rings. The van der Waals surface area contributed by atoms with Gasteiger partial charge in [0.2, 0.25) is 0 Å². The zero-order valence-corrected chi connectivity index (χ0v) is 14.0. The van der Waals surface area contributed by atoms with Crippen LogP contribution in [0.2, 0.25) is 0 Å². The monoisotopic (exact) mass is 323 g/mol. The molecule has 5 nitrogen and oxygen atoms in total. The van der Waals surface area contributed by atoms with Crippen molar-refractivity contribution in [1.82, 2.24) is 15.5 Å². The molecular formula is C17H26FN3O2. The summed E-state index contributed by atoms with van der Waals surface area (Å²) in [6.45, 7) is 9.01. The molecule has 0 radical (unpaired) electrons. The van der Waals surface area contributed by atoms with Crippen LogP contribution in [0.15, 0.2) is 12.1 Å². The molecule has 1 heterocycles. The van der Waals surface area contributed by atoms with Crippen molar-refractivity contribution in [2.75, 3.05) is 39.4 Å². The third-order valence-electron chi connectivity index (χ3n) is 3.99. The summed E-state index contributed by atoms with van der Waals surface area (Å²) >= 11 is 0. The van der Waals surface area contributed by atoms with Crippen LogP contribution in [0.3, 0.4) is 0 Å². The molecule has 6 heteroatoms. The van der Waals surface area contributed by atoms with Crippen LogP contribution in [-0.4, -0.2) is 50.3 Å². The van der Waals surface area contributed by atoms with E-state index in [0.29, 0.717) is 24.2 Å². The highest BCUT2D eigenvalue weighted by Crippen LogP contribution is 2.14. The molecule has 0 aliphatic carbocycles. The average Bonchev–Trinajstić information content (AvgIpc) is 2.55. The van der Waals surface area contributed by atoms with Gasteiger partial charge in [0.15, 0.2) is 0 Å². The summed E-state index contributed by atoms with van der Waals surface area (Å²) in [4.78, 5) is 14.1. The first-order valence-corrected chi connectivity index (χ1v) is 8.13. The Morgan fingerprint density at radius 1 is 1.22 bits per heavy atom. The molecule has 2 N–H and O–H groups in total. The van der Waals surface area contributed by atoms with Crippen molar-refractivity contribution in [3.8, 4) is 0 Å². The molecule has 1 aliphatic heterocycles. The van der Waals surface area contributed by atoms with E-state index in [1.807, 2.05) is 0 Å². The van der Waals surface area contributed by atoms with Gasteiger partial charge in [0, 0.05) is 26.2 Å². The Labute approximate surface area is 137 Å². The molecule has 2 rings (SSSR count). The molecule has 1 aliphatic rings. The second-order valence-electron chi connectivity index (χ2n) is 5.96. The van der Waals surface area contributed by atoms with Crippen LogP contribution in [0.25, 0.3) is 0 Å². The largest absolute Gasteiger partial charge is 0.379 e. The van der Waals surface area contributed by atoms with Gasteiger partial charge in [-0.15, -0.1) is 0 Å². The number of hydrogen-bond acceptors (Lipinski definition) is 3. The number of ether oxygens (including phenoxy) is 1. The van der Waals surface area contributed by atoms with E-state index in [0.717, 1.165) is 44.8 Å². The van der Waals surface area contributed by atoms with Crippen LogP contribution in [0, 0.1) is 19.7 Å². The lowest BCUT2D eigenvalue weighted by Gasteiger charge is -2.26. The maximum atomic E-state index is 13.6. The van der Waals surface area contributed by atoms with Crippen LogP contribution in [0.4, 0.5) is 9.18 Å². The Kier molecular flexibility index (Phi) is 6.80. The fourth-order valence-electron chi connectivity index (χ4n) is 2.71. The number of halogens is 1. The van der Waals surface area contributed by atoms with Crippen molar-refractivity contribution in [2.45, 2.75) is 26.8 Å². The van der Waals surface area contributed by atoms with Crippen LogP contribution in [0.1, 0.15) is 23.1 Å². The number of amides is 2. The highest BCUT2D eigenvalue weighted by Gasteiger charge is 2.09.